The molecule has 0 spiro atoms. The lowest BCUT2D eigenvalue weighted by Crippen LogP contribution is -2.23. The molecule has 0 aliphatic rings. The molecule has 0 atom stereocenters. The summed E-state index contributed by atoms with van der Waals surface area (Å²) >= 11 is 0. The quantitative estimate of drug-likeness (QED) is 0.729. The van der Waals surface area contributed by atoms with Crippen molar-refractivity contribution in [1.82, 2.24) is 0 Å². The van der Waals surface area contributed by atoms with Crippen LogP contribution in [0.3, 0.4) is 0 Å². The Morgan fingerprint density at radius 2 is 1.88 bits per heavy atom. The molecule has 2 aromatic rings. The molecule has 2 amide bonds. The fraction of sp³-hybridized carbons (Fsp3) is 0.222. The summed E-state index contributed by atoms with van der Waals surface area (Å²) in [5.41, 5.74) is 6.82. The topological polar surface area (TPSA) is 93.4 Å². The number of primary amides is 1. The summed E-state index contributed by atoms with van der Waals surface area (Å²) in [6.45, 7) is 3.89. The minimum Gasteiger partial charge on any atom is -0.491 e. The van der Waals surface area contributed by atoms with Crippen LogP contribution in [0.15, 0.2) is 48.5 Å². The normalized spacial score (nSPS) is 10.3. The highest BCUT2D eigenvalue weighted by Gasteiger charge is 2.09. The summed E-state index contributed by atoms with van der Waals surface area (Å²) in [5.74, 6) is -0.0946. The Kier molecular flexibility index (Phi) is 5.78. The predicted octanol–water partition coefficient (Wildman–Crippen LogP) is 2.62. The van der Waals surface area contributed by atoms with Gasteiger partial charge in [0.05, 0.1) is 18.2 Å². The molecule has 0 fully saturated rings. The number of nitrogens with one attached hydrogen (secondary N) is 2. The maximum Gasteiger partial charge on any atom is 0.250 e. The van der Waals surface area contributed by atoms with Crippen molar-refractivity contribution in [2.75, 3.05) is 17.2 Å². The first-order valence-electron chi connectivity index (χ1n) is 7.65. The summed E-state index contributed by atoms with van der Waals surface area (Å²) < 4.78 is 5.59. The minimum atomic E-state index is -0.544. The molecule has 2 aromatic carbocycles. The van der Waals surface area contributed by atoms with Gasteiger partial charge < -0.3 is 21.1 Å². The highest BCUT2D eigenvalue weighted by molar-refractivity contribution is 6.00. The number of hydrogen-bond donors (Lipinski definition) is 3. The van der Waals surface area contributed by atoms with Crippen molar-refractivity contribution < 1.29 is 14.3 Å². The summed E-state index contributed by atoms with van der Waals surface area (Å²) in [4.78, 5) is 23.4. The average molecular weight is 327 g/mol. The van der Waals surface area contributed by atoms with Gasteiger partial charge in [-0.15, -0.1) is 0 Å². The second kappa shape index (κ2) is 8.01. The van der Waals surface area contributed by atoms with Gasteiger partial charge in [0.15, 0.2) is 0 Å². The first kappa shape index (κ1) is 17.3. The molecule has 0 bridgehead atoms. The number of nitrogens with two attached hydrogens (primary N) is 1. The molecule has 4 N–H and O–H groups in total. The van der Waals surface area contributed by atoms with Gasteiger partial charge in [-0.25, -0.2) is 0 Å². The van der Waals surface area contributed by atoms with Crippen LogP contribution in [0.2, 0.25) is 0 Å². The minimum absolute atomic E-state index is 0.0135. The molecular formula is C18H21N3O3. The number of carbonyl (C=O) groups is 2. The molecule has 0 aliphatic heterocycles. The lowest BCUT2D eigenvalue weighted by molar-refractivity contribution is -0.114. The SMILES string of the molecule is CC(C)Oc1cccc(NC(=O)CNc2ccccc2C(N)=O)c1. The molecule has 24 heavy (non-hydrogen) atoms. The fourth-order valence-corrected chi connectivity index (χ4v) is 2.15. The van der Waals surface area contributed by atoms with Crippen LogP contribution in [0.5, 0.6) is 5.75 Å². The van der Waals surface area contributed by atoms with Crippen LogP contribution in [-0.2, 0) is 4.79 Å². The van der Waals surface area contributed by atoms with Crippen molar-refractivity contribution in [3.05, 3.63) is 54.1 Å². The molecule has 6 nitrogen and oxygen atoms in total. The molecule has 0 unspecified atom stereocenters. The van der Waals surface area contributed by atoms with Crippen LogP contribution in [-0.4, -0.2) is 24.5 Å². The average Bonchev–Trinajstić information content (AvgIpc) is 2.53. The molecule has 2 rings (SSSR count). The van der Waals surface area contributed by atoms with Gasteiger partial charge in [0, 0.05) is 17.4 Å². The molecule has 0 saturated heterocycles. The van der Waals surface area contributed by atoms with E-state index in [0.717, 1.165) is 0 Å². The Hall–Kier alpha value is -3.02. The first-order valence-corrected chi connectivity index (χ1v) is 7.65. The molecule has 0 aromatic heterocycles. The summed E-state index contributed by atoms with van der Waals surface area (Å²) in [5, 5.41) is 5.69. The fourth-order valence-electron chi connectivity index (χ4n) is 2.15. The monoisotopic (exact) mass is 327 g/mol. The maximum absolute atomic E-state index is 12.1. The second-order valence-electron chi connectivity index (χ2n) is 5.51. The zero-order valence-corrected chi connectivity index (χ0v) is 13.7. The Labute approximate surface area is 141 Å². The number of carbonyl (C=O) groups excluding carboxylic acids is 2. The van der Waals surface area contributed by atoms with Crippen LogP contribution in [0, 0.1) is 0 Å². The zero-order valence-electron chi connectivity index (χ0n) is 13.7. The van der Waals surface area contributed by atoms with E-state index in [0.29, 0.717) is 22.7 Å². The Bertz CT molecular complexity index is 729. The molecular weight excluding hydrogens is 306 g/mol. The number of para-hydroxylation sites is 1. The molecule has 126 valence electrons. The van der Waals surface area contributed by atoms with Crippen molar-refractivity contribution in [3.8, 4) is 5.75 Å². The van der Waals surface area contributed by atoms with Crippen LogP contribution >= 0.6 is 0 Å². The standard InChI is InChI=1S/C18H21N3O3/c1-12(2)24-14-7-5-6-13(10-14)21-17(22)11-20-16-9-4-3-8-15(16)18(19)23/h3-10,12,20H,11H2,1-2H3,(H2,19,23)(H,21,22). The number of amides is 2. The largest absolute Gasteiger partial charge is 0.491 e. The number of hydrogen-bond acceptors (Lipinski definition) is 4. The maximum atomic E-state index is 12.1. The Morgan fingerprint density at radius 1 is 1.12 bits per heavy atom. The molecule has 0 radical (unpaired) electrons. The van der Waals surface area contributed by atoms with Crippen molar-refractivity contribution in [2.24, 2.45) is 5.73 Å². The van der Waals surface area contributed by atoms with Crippen LogP contribution in [0.1, 0.15) is 24.2 Å². The van der Waals surface area contributed by atoms with E-state index in [4.69, 9.17) is 10.5 Å². The van der Waals surface area contributed by atoms with E-state index in [1.54, 1.807) is 36.4 Å². The molecule has 0 heterocycles. The van der Waals surface area contributed by atoms with Gasteiger partial charge in [-0.2, -0.15) is 0 Å². The van der Waals surface area contributed by atoms with Gasteiger partial charge >= 0.3 is 0 Å². The first-order chi connectivity index (χ1) is 11.5. The van der Waals surface area contributed by atoms with Gasteiger partial charge in [-0.1, -0.05) is 18.2 Å². The molecule has 6 heteroatoms. The van der Waals surface area contributed by atoms with E-state index in [1.807, 2.05) is 26.0 Å². The highest BCUT2D eigenvalue weighted by atomic mass is 16.5. The van der Waals surface area contributed by atoms with Crippen LogP contribution < -0.4 is 21.1 Å². The van der Waals surface area contributed by atoms with E-state index in [1.165, 1.54) is 0 Å². The zero-order chi connectivity index (χ0) is 17.5. The van der Waals surface area contributed by atoms with E-state index in [9.17, 15) is 9.59 Å². The van der Waals surface area contributed by atoms with E-state index < -0.39 is 5.91 Å². The Morgan fingerprint density at radius 3 is 2.58 bits per heavy atom. The third kappa shape index (κ3) is 5.01. The Balaban J connectivity index is 1.96. The predicted molar refractivity (Wildman–Crippen MR) is 94.3 cm³/mol. The summed E-state index contributed by atoms with van der Waals surface area (Å²) in [6, 6.07) is 14.0. The summed E-state index contributed by atoms with van der Waals surface area (Å²) in [7, 11) is 0. The van der Waals surface area contributed by atoms with E-state index in [2.05, 4.69) is 10.6 Å². The van der Waals surface area contributed by atoms with E-state index >= 15 is 0 Å². The van der Waals surface area contributed by atoms with Crippen LogP contribution in [0.4, 0.5) is 11.4 Å². The van der Waals surface area contributed by atoms with Crippen LogP contribution in [0.25, 0.3) is 0 Å². The van der Waals surface area contributed by atoms with Crippen molar-refractivity contribution in [3.63, 3.8) is 0 Å². The third-order valence-electron chi connectivity index (χ3n) is 3.12. The van der Waals surface area contributed by atoms with Crippen molar-refractivity contribution >= 4 is 23.2 Å². The number of rotatable bonds is 7. The van der Waals surface area contributed by atoms with Gasteiger partial charge in [0.25, 0.3) is 5.91 Å². The lowest BCUT2D eigenvalue weighted by atomic mass is 10.1. The van der Waals surface area contributed by atoms with Crippen molar-refractivity contribution in [1.29, 1.82) is 0 Å². The van der Waals surface area contributed by atoms with Gasteiger partial charge in [0.2, 0.25) is 5.91 Å². The van der Waals surface area contributed by atoms with Crippen molar-refractivity contribution in [2.45, 2.75) is 20.0 Å². The number of ether oxygens (including phenoxy) is 1. The third-order valence-corrected chi connectivity index (χ3v) is 3.12. The molecule has 0 saturated carbocycles. The van der Waals surface area contributed by atoms with Gasteiger partial charge in [-0.3, -0.25) is 9.59 Å². The van der Waals surface area contributed by atoms with E-state index in [-0.39, 0.29) is 18.6 Å². The second-order valence-corrected chi connectivity index (χ2v) is 5.51. The van der Waals surface area contributed by atoms with Gasteiger partial charge in [0.1, 0.15) is 5.75 Å². The van der Waals surface area contributed by atoms with Gasteiger partial charge in [-0.05, 0) is 38.1 Å². The number of benzene rings is 2. The lowest BCUT2D eigenvalue weighted by Gasteiger charge is -2.12. The summed E-state index contributed by atoms with van der Waals surface area (Å²) in [6.07, 6.45) is 0.0583. The highest BCUT2D eigenvalue weighted by Crippen LogP contribution is 2.19. The number of anilines is 2. The smallest absolute Gasteiger partial charge is 0.250 e. The molecule has 0 aliphatic carbocycles.